The van der Waals surface area contributed by atoms with Crippen LogP contribution in [-0.2, 0) is 11.3 Å². The molecule has 0 aliphatic heterocycles. The maximum atomic E-state index is 13.4. The van der Waals surface area contributed by atoms with Gasteiger partial charge in [-0.1, -0.05) is 0 Å². The molecule has 0 bridgehead atoms. The minimum atomic E-state index is -0.740. The molecule has 1 atom stereocenters. The van der Waals surface area contributed by atoms with Crippen molar-refractivity contribution in [1.29, 1.82) is 0 Å². The van der Waals surface area contributed by atoms with E-state index in [9.17, 15) is 13.6 Å². The zero-order valence-corrected chi connectivity index (χ0v) is 10.8. The summed E-state index contributed by atoms with van der Waals surface area (Å²) >= 11 is 0. The van der Waals surface area contributed by atoms with Crippen LogP contribution >= 0.6 is 0 Å². The molecule has 0 aliphatic rings. The SMILES string of the molecule is CC(Nc1ccc(F)cc1F)C(=O)NCc1ccco1. The minimum absolute atomic E-state index is 0.0760. The van der Waals surface area contributed by atoms with Crippen molar-refractivity contribution in [2.75, 3.05) is 5.32 Å². The van der Waals surface area contributed by atoms with Crippen LogP contribution < -0.4 is 10.6 Å². The van der Waals surface area contributed by atoms with E-state index in [2.05, 4.69) is 10.6 Å². The minimum Gasteiger partial charge on any atom is -0.467 e. The largest absolute Gasteiger partial charge is 0.467 e. The zero-order chi connectivity index (χ0) is 14.5. The van der Waals surface area contributed by atoms with Crippen LogP contribution in [0.5, 0.6) is 0 Å². The molecule has 2 aromatic rings. The average molecular weight is 280 g/mol. The number of benzene rings is 1. The molecular formula is C14H14F2N2O2. The number of amides is 1. The summed E-state index contributed by atoms with van der Waals surface area (Å²) in [5.74, 6) is -1.10. The van der Waals surface area contributed by atoms with Crippen molar-refractivity contribution in [2.45, 2.75) is 19.5 Å². The van der Waals surface area contributed by atoms with E-state index in [1.165, 1.54) is 12.3 Å². The summed E-state index contributed by atoms with van der Waals surface area (Å²) in [4.78, 5) is 11.8. The van der Waals surface area contributed by atoms with Gasteiger partial charge in [0.15, 0.2) is 0 Å². The van der Waals surface area contributed by atoms with E-state index in [1.807, 2.05) is 0 Å². The molecule has 4 nitrogen and oxygen atoms in total. The highest BCUT2D eigenvalue weighted by Gasteiger charge is 2.14. The van der Waals surface area contributed by atoms with Gasteiger partial charge in [-0.3, -0.25) is 4.79 Å². The maximum Gasteiger partial charge on any atom is 0.242 e. The van der Waals surface area contributed by atoms with Crippen LogP contribution in [0.4, 0.5) is 14.5 Å². The molecule has 1 aromatic carbocycles. The van der Waals surface area contributed by atoms with Gasteiger partial charge < -0.3 is 15.1 Å². The van der Waals surface area contributed by atoms with E-state index in [0.717, 1.165) is 12.1 Å². The van der Waals surface area contributed by atoms with E-state index < -0.39 is 17.7 Å². The van der Waals surface area contributed by atoms with Gasteiger partial charge in [0.1, 0.15) is 23.4 Å². The molecule has 2 N–H and O–H groups in total. The molecule has 6 heteroatoms. The Hall–Kier alpha value is -2.37. The number of furan rings is 1. The first-order chi connectivity index (χ1) is 9.56. The van der Waals surface area contributed by atoms with Crippen LogP contribution in [0, 0.1) is 11.6 Å². The van der Waals surface area contributed by atoms with Gasteiger partial charge >= 0.3 is 0 Å². The number of rotatable bonds is 5. The van der Waals surface area contributed by atoms with E-state index in [-0.39, 0.29) is 18.1 Å². The van der Waals surface area contributed by atoms with E-state index in [4.69, 9.17) is 4.42 Å². The molecule has 106 valence electrons. The average Bonchev–Trinajstić information content (AvgIpc) is 2.92. The quantitative estimate of drug-likeness (QED) is 0.885. The monoisotopic (exact) mass is 280 g/mol. The third-order valence-electron chi connectivity index (χ3n) is 2.71. The molecule has 20 heavy (non-hydrogen) atoms. The normalized spacial score (nSPS) is 11.9. The van der Waals surface area contributed by atoms with Crippen molar-refractivity contribution >= 4 is 11.6 Å². The molecular weight excluding hydrogens is 266 g/mol. The lowest BCUT2D eigenvalue weighted by Crippen LogP contribution is -2.37. The van der Waals surface area contributed by atoms with Crippen molar-refractivity contribution in [3.05, 3.63) is 54.0 Å². The summed E-state index contributed by atoms with van der Waals surface area (Å²) < 4.78 is 31.3. The van der Waals surface area contributed by atoms with E-state index in [0.29, 0.717) is 5.76 Å². The summed E-state index contributed by atoms with van der Waals surface area (Å²) in [7, 11) is 0. The molecule has 0 saturated heterocycles. The van der Waals surface area contributed by atoms with E-state index >= 15 is 0 Å². The fourth-order valence-electron chi connectivity index (χ4n) is 1.65. The Morgan fingerprint density at radius 2 is 2.15 bits per heavy atom. The van der Waals surface area contributed by atoms with Gasteiger partial charge in [-0.2, -0.15) is 0 Å². The second-order valence-electron chi connectivity index (χ2n) is 4.29. The second kappa shape index (κ2) is 6.18. The number of hydrogen-bond donors (Lipinski definition) is 2. The molecule has 1 unspecified atom stereocenters. The maximum absolute atomic E-state index is 13.4. The van der Waals surface area contributed by atoms with Crippen molar-refractivity contribution < 1.29 is 18.0 Å². The van der Waals surface area contributed by atoms with Gasteiger partial charge in [0.25, 0.3) is 0 Å². The number of carbonyl (C=O) groups excluding carboxylic acids is 1. The summed E-state index contributed by atoms with van der Waals surface area (Å²) in [6, 6.07) is 5.93. The summed E-state index contributed by atoms with van der Waals surface area (Å²) in [5, 5.41) is 5.33. The van der Waals surface area contributed by atoms with E-state index in [1.54, 1.807) is 19.1 Å². The van der Waals surface area contributed by atoms with Crippen molar-refractivity contribution in [3.63, 3.8) is 0 Å². The number of halogens is 2. The first-order valence-electron chi connectivity index (χ1n) is 6.08. The molecule has 2 rings (SSSR count). The van der Waals surface area contributed by atoms with Gasteiger partial charge in [-0.25, -0.2) is 8.78 Å². The predicted octanol–water partition coefficient (Wildman–Crippen LogP) is 2.67. The summed E-state index contributed by atoms with van der Waals surface area (Å²) in [6.45, 7) is 1.84. The lowest BCUT2D eigenvalue weighted by atomic mass is 10.2. The van der Waals surface area contributed by atoms with Crippen LogP contribution in [0.2, 0.25) is 0 Å². The Morgan fingerprint density at radius 3 is 2.80 bits per heavy atom. The van der Waals surface area contributed by atoms with Crippen LogP contribution in [-0.4, -0.2) is 11.9 Å². The number of carbonyl (C=O) groups is 1. The molecule has 0 radical (unpaired) electrons. The first-order valence-corrected chi connectivity index (χ1v) is 6.08. The standard InChI is InChI=1S/C14H14F2N2O2/c1-9(14(19)17-8-11-3-2-6-20-11)18-13-5-4-10(15)7-12(13)16/h2-7,9,18H,8H2,1H3,(H,17,19). The fraction of sp³-hybridized carbons (Fsp3) is 0.214. The number of hydrogen-bond acceptors (Lipinski definition) is 3. The molecule has 0 fully saturated rings. The van der Waals surface area contributed by atoms with Crippen LogP contribution in [0.1, 0.15) is 12.7 Å². The number of nitrogens with one attached hydrogen (secondary N) is 2. The van der Waals surface area contributed by atoms with Crippen molar-refractivity contribution in [2.24, 2.45) is 0 Å². The second-order valence-corrected chi connectivity index (χ2v) is 4.29. The molecule has 0 aliphatic carbocycles. The molecule has 0 saturated carbocycles. The Labute approximate surface area is 114 Å². The van der Waals surface area contributed by atoms with Gasteiger partial charge in [-0.05, 0) is 31.2 Å². The Morgan fingerprint density at radius 1 is 1.35 bits per heavy atom. The molecule has 1 amide bonds. The Kier molecular flexibility index (Phi) is 4.34. The molecule has 1 aromatic heterocycles. The van der Waals surface area contributed by atoms with Gasteiger partial charge in [0.05, 0.1) is 18.5 Å². The lowest BCUT2D eigenvalue weighted by Gasteiger charge is -2.15. The van der Waals surface area contributed by atoms with Crippen LogP contribution in [0.25, 0.3) is 0 Å². The Balaban J connectivity index is 1.90. The van der Waals surface area contributed by atoms with Gasteiger partial charge in [-0.15, -0.1) is 0 Å². The highest BCUT2D eigenvalue weighted by atomic mass is 19.1. The molecule has 1 heterocycles. The zero-order valence-electron chi connectivity index (χ0n) is 10.8. The highest BCUT2D eigenvalue weighted by Crippen LogP contribution is 2.15. The lowest BCUT2D eigenvalue weighted by molar-refractivity contribution is -0.121. The fourth-order valence-corrected chi connectivity index (χ4v) is 1.65. The van der Waals surface area contributed by atoms with Gasteiger partial charge in [0.2, 0.25) is 5.91 Å². The predicted molar refractivity (Wildman–Crippen MR) is 70.0 cm³/mol. The third-order valence-corrected chi connectivity index (χ3v) is 2.71. The summed E-state index contributed by atoms with van der Waals surface area (Å²) in [6.07, 6.45) is 1.51. The van der Waals surface area contributed by atoms with Crippen molar-refractivity contribution in [3.8, 4) is 0 Å². The highest BCUT2D eigenvalue weighted by molar-refractivity contribution is 5.84. The summed E-state index contributed by atoms with van der Waals surface area (Å²) in [5.41, 5.74) is 0.0760. The smallest absolute Gasteiger partial charge is 0.242 e. The topological polar surface area (TPSA) is 54.3 Å². The van der Waals surface area contributed by atoms with Gasteiger partial charge in [0, 0.05) is 6.07 Å². The number of anilines is 1. The van der Waals surface area contributed by atoms with Crippen molar-refractivity contribution in [1.82, 2.24) is 5.32 Å². The molecule has 0 spiro atoms. The first kappa shape index (κ1) is 14.0. The third kappa shape index (κ3) is 3.57. The Bertz CT molecular complexity index is 585. The van der Waals surface area contributed by atoms with Crippen LogP contribution in [0.3, 0.4) is 0 Å². The van der Waals surface area contributed by atoms with Crippen LogP contribution in [0.15, 0.2) is 41.0 Å².